The Morgan fingerprint density at radius 3 is 3.10 bits per heavy atom. The lowest BCUT2D eigenvalue weighted by Gasteiger charge is -2.14. The van der Waals surface area contributed by atoms with Gasteiger partial charge in [-0.1, -0.05) is 12.2 Å². The Morgan fingerprint density at radius 1 is 1.60 bits per heavy atom. The van der Waals surface area contributed by atoms with Gasteiger partial charge in [0.1, 0.15) is 0 Å². The van der Waals surface area contributed by atoms with E-state index in [1.54, 1.807) is 0 Å². The summed E-state index contributed by atoms with van der Waals surface area (Å²) in [5.41, 5.74) is 0. The van der Waals surface area contributed by atoms with Gasteiger partial charge in [0, 0.05) is 0 Å². The molecule has 0 nitrogen and oxygen atoms in total. The Kier molecular flexibility index (Phi) is 3.96. The second-order valence-electron chi connectivity index (χ2n) is 2.90. The minimum Gasteiger partial charge on any atom is -0.165 e. The van der Waals surface area contributed by atoms with Gasteiger partial charge in [-0.25, -0.2) is 0 Å². The van der Waals surface area contributed by atoms with Crippen molar-refractivity contribution in [3.05, 3.63) is 12.2 Å². The summed E-state index contributed by atoms with van der Waals surface area (Å²) >= 11 is 1.96. The molecule has 0 saturated carbocycles. The lowest BCUT2D eigenvalue weighted by Crippen LogP contribution is -2.01. The molecule has 1 aliphatic carbocycles. The van der Waals surface area contributed by atoms with Gasteiger partial charge in [0.25, 0.3) is 0 Å². The minimum atomic E-state index is 0.904. The third-order valence-electron chi connectivity index (χ3n) is 2.05. The maximum atomic E-state index is 2.40. The Hall–Kier alpha value is 0.0900. The Balaban J connectivity index is 2.13. The van der Waals surface area contributed by atoms with Crippen LogP contribution in [0.1, 0.15) is 25.7 Å². The van der Waals surface area contributed by atoms with Crippen molar-refractivity contribution in [1.82, 2.24) is 0 Å². The zero-order valence-electron chi connectivity index (χ0n) is 6.68. The predicted molar refractivity (Wildman–Crippen MR) is 49.5 cm³/mol. The van der Waals surface area contributed by atoms with Crippen LogP contribution in [0, 0.1) is 5.92 Å². The monoisotopic (exact) mass is 156 g/mol. The summed E-state index contributed by atoms with van der Waals surface area (Å²) in [5, 5.41) is 0. The van der Waals surface area contributed by atoms with Crippen molar-refractivity contribution in [1.29, 1.82) is 0 Å². The van der Waals surface area contributed by atoms with Gasteiger partial charge in [0.15, 0.2) is 0 Å². The fourth-order valence-corrected chi connectivity index (χ4v) is 1.93. The van der Waals surface area contributed by atoms with Crippen LogP contribution in [0.25, 0.3) is 0 Å². The van der Waals surface area contributed by atoms with E-state index in [1.165, 1.54) is 31.4 Å². The van der Waals surface area contributed by atoms with E-state index in [1.807, 2.05) is 11.8 Å². The zero-order chi connectivity index (χ0) is 7.23. The fraction of sp³-hybridized carbons (Fsp3) is 0.778. The highest BCUT2D eigenvalue weighted by Crippen LogP contribution is 2.21. The van der Waals surface area contributed by atoms with Crippen LogP contribution >= 0.6 is 11.8 Å². The van der Waals surface area contributed by atoms with Crippen LogP contribution in [0.5, 0.6) is 0 Å². The van der Waals surface area contributed by atoms with Gasteiger partial charge >= 0.3 is 0 Å². The third-order valence-corrected chi connectivity index (χ3v) is 2.69. The molecule has 0 radical (unpaired) electrons. The molecule has 0 N–H and O–H groups in total. The molecule has 0 fully saturated rings. The second-order valence-corrected chi connectivity index (χ2v) is 3.89. The molecule has 0 bridgehead atoms. The molecule has 0 aliphatic heterocycles. The van der Waals surface area contributed by atoms with Crippen LogP contribution < -0.4 is 0 Å². The Morgan fingerprint density at radius 2 is 2.50 bits per heavy atom. The number of hydrogen-bond donors (Lipinski definition) is 0. The minimum absolute atomic E-state index is 0.904. The van der Waals surface area contributed by atoms with Gasteiger partial charge in [0.2, 0.25) is 0 Å². The number of hydrogen-bond acceptors (Lipinski definition) is 1. The average Bonchev–Trinajstić information content (AvgIpc) is 2.03. The largest absolute Gasteiger partial charge is 0.165 e. The van der Waals surface area contributed by atoms with Crippen LogP contribution in [0.4, 0.5) is 0 Å². The van der Waals surface area contributed by atoms with E-state index < -0.39 is 0 Å². The maximum absolute atomic E-state index is 2.40. The number of allylic oxidation sites excluding steroid dienone is 2. The van der Waals surface area contributed by atoms with Crippen LogP contribution in [0.3, 0.4) is 0 Å². The highest BCUT2D eigenvalue weighted by Gasteiger charge is 2.06. The first-order valence-electron chi connectivity index (χ1n) is 4.09. The van der Waals surface area contributed by atoms with Gasteiger partial charge in [0.05, 0.1) is 0 Å². The summed E-state index contributed by atoms with van der Waals surface area (Å²) in [6, 6.07) is 0. The highest BCUT2D eigenvalue weighted by atomic mass is 32.2. The summed E-state index contributed by atoms with van der Waals surface area (Å²) in [6.07, 6.45) is 12.5. The molecule has 58 valence electrons. The molecule has 0 amide bonds. The summed E-state index contributed by atoms with van der Waals surface area (Å²) in [5.74, 6) is 2.23. The van der Waals surface area contributed by atoms with E-state index in [0.29, 0.717) is 0 Å². The molecule has 0 aromatic carbocycles. The van der Waals surface area contributed by atoms with Gasteiger partial charge in [-0.2, -0.15) is 11.8 Å². The van der Waals surface area contributed by atoms with E-state index in [9.17, 15) is 0 Å². The van der Waals surface area contributed by atoms with Crippen molar-refractivity contribution in [2.24, 2.45) is 5.92 Å². The van der Waals surface area contributed by atoms with Crippen LogP contribution in [0.15, 0.2) is 12.2 Å². The molecule has 1 atom stereocenters. The predicted octanol–water partition coefficient (Wildman–Crippen LogP) is 3.10. The summed E-state index contributed by atoms with van der Waals surface area (Å²) < 4.78 is 0. The standard InChI is InChI=1S/C9H16S/c1-10-8-7-9-5-3-2-4-6-9/h3,5,9H,2,4,6-8H2,1H3. The number of thioether (sulfide) groups is 1. The quantitative estimate of drug-likeness (QED) is 0.566. The molecule has 1 unspecified atom stereocenters. The summed E-state index contributed by atoms with van der Waals surface area (Å²) in [7, 11) is 0. The molecular formula is C9H16S. The lowest BCUT2D eigenvalue weighted by molar-refractivity contribution is 0.530. The molecule has 0 saturated heterocycles. The fourth-order valence-electron chi connectivity index (χ4n) is 1.39. The number of rotatable bonds is 3. The normalized spacial score (nSPS) is 25.1. The van der Waals surface area contributed by atoms with Gasteiger partial charge in [-0.15, -0.1) is 0 Å². The van der Waals surface area contributed by atoms with Crippen molar-refractivity contribution < 1.29 is 0 Å². The highest BCUT2D eigenvalue weighted by molar-refractivity contribution is 7.98. The first kappa shape index (κ1) is 8.19. The van der Waals surface area contributed by atoms with Crippen LogP contribution in [-0.4, -0.2) is 12.0 Å². The summed E-state index contributed by atoms with van der Waals surface area (Å²) in [6.45, 7) is 0. The zero-order valence-corrected chi connectivity index (χ0v) is 7.49. The van der Waals surface area contributed by atoms with E-state index in [0.717, 1.165) is 5.92 Å². The molecular weight excluding hydrogens is 140 g/mol. The molecule has 0 aromatic heterocycles. The molecule has 1 aliphatic rings. The van der Waals surface area contributed by atoms with Crippen LogP contribution in [-0.2, 0) is 0 Å². The molecule has 0 spiro atoms. The molecule has 1 rings (SSSR count). The summed E-state index contributed by atoms with van der Waals surface area (Å²) in [4.78, 5) is 0. The van der Waals surface area contributed by atoms with Crippen molar-refractivity contribution >= 4 is 11.8 Å². The Bertz CT molecular complexity index is 107. The lowest BCUT2D eigenvalue weighted by atomic mass is 9.94. The molecule has 0 aromatic rings. The van der Waals surface area contributed by atoms with Crippen molar-refractivity contribution in [2.45, 2.75) is 25.7 Å². The van der Waals surface area contributed by atoms with Crippen LogP contribution in [0.2, 0.25) is 0 Å². The van der Waals surface area contributed by atoms with Gasteiger partial charge < -0.3 is 0 Å². The first-order chi connectivity index (χ1) is 4.93. The van der Waals surface area contributed by atoms with Gasteiger partial charge in [-0.05, 0) is 43.6 Å². The van der Waals surface area contributed by atoms with E-state index in [4.69, 9.17) is 0 Å². The third kappa shape index (κ3) is 2.78. The van der Waals surface area contributed by atoms with E-state index in [2.05, 4.69) is 18.4 Å². The SMILES string of the molecule is CSCCC1C=CCCC1. The van der Waals surface area contributed by atoms with E-state index >= 15 is 0 Å². The topological polar surface area (TPSA) is 0 Å². The smallest absolute Gasteiger partial charge is 0.00647 e. The maximum Gasteiger partial charge on any atom is -0.00647 e. The van der Waals surface area contributed by atoms with Crippen molar-refractivity contribution in [3.8, 4) is 0 Å². The average molecular weight is 156 g/mol. The molecule has 1 heteroatoms. The van der Waals surface area contributed by atoms with E-state index in [-0.39, 0.29) is 0 Å². The molecule has 0 heterocycles. The van der Waals surface area contributed by atoms with Crippen molar-refractivity contribution in [2.75, 3.05) is 12.0 Å². The molecule has 10 heavy (non-hydrogen) atoms. The first-order valence-corrected chi connectivity index (χ1v) is 5.48. The second kappa shape index (κ2) is 4.84. The Labute approximate surface area is 68.1 Å². The van der Waals surface area contributed by atoms with Gasteiger partial charge in [-0.3, -0.25) is 0 Å². The van der Waals surface area contributed by atoms with Crippen molar-refractivity contribution in [3.63, 3.8) is 0 Å².